The third-order valence-corrected chi connectivity index (χ3v) is 5.62. The fraction of sp³-hybridized carbons (Fsp3) is 0.667. The standard InChI is InChI=1S/C18H26FNO3/c1-21-14-5-4-13(16(19)10-14)12-20-9-8-18(23-3)7-6-15(22-2)11-17(18)20/h4-5,10,15,17H,6-9,11-12H2,1-3H3/t15-,17+,18-/m1/s1. The average Bonchev–Trinajstić information content (AvgIpc) is 2.95. The van der Waals surface area contributed by atoms with Gasteiger partial charge in [0.05, 0.1) is 18.8 Å². The Morgan fingerprint density at radius 2 is 2.09 bits per heavy atom. The lowest BCUT2D eigenvalue weighted by Gasteiger charge is -2.43. The topological polar surface area (TPSA) is 30.9 Å². The molecule has 1 heterocycles. The van der Waals surface area contributed by atoms with E-state index in [-0.39, 0.29) is 23.6 Å². The summed E-state index contributed by atoms with van der Waals surface area (Å²) >= 11 is 0. The Morgan fingerprint density at radius 1 is 1.26 bits per heavy atom. The summed E-state index contributed by atoms with van der Waals surface area (Å²) in [4.78, 5) is 2.35. The molecule has 2 aliphatic rings. The summed E-state index contributed by atoms with van der Waals surface area (Å²) in [6.45, 7) is 1.53. The van der Waals surface area contributed by atoms with Crippen molar-refractivity contribution in [2.75, 3.05) is 27.9 Å². The van der Waals surface area contributed by atoms with Crippen LogP contribution < -0.4 is 4.74 Å². The van der Waals surface area contributed by atoms with Crippen molar-refractivity contribution < 1.29 is 18.6 Å². The second-order valence-electron chi connectivity index (χ2n) is 6.59. The van der Waals surface area contributed by atoms with Gasteiger partial charge in [-0.15, -0.1) is 0 Å². The zero-order valence-electron chi connectivity index (χ0n) is 14.2. The summed E-state index contributed by atoms with van der Waals surface area (Å²) < 4.78 is 30.8. The summed E-state index contributed by atoms with van der Waals surface area (Å²) in [7, 11) is 5.12. The molecule has 0 radical (unpaired) electrons. The van der Waals surface area contributed by atoms with Crippen LogP contribution >= 0.6 is 0 Å². The first-order chi connectivity index (χ1) is 11.1. The van der Waals surface area contributed by atoms with E-state index in [0.717, 1.165) is 32.2 Å². The highest BCUT2D eigenvalue weighted by atomic mass is 19.1. The SMILES string of the molecule is COc1ccc(CN2CC[C@]3(OC)CC[C@@H](OC)C[C@H]23)c(F)c1. The van der Waals surface area contributed by atoms with Crippen LogP contribution in [0.25, 0.3) is 0 Å². The lowest BCUT2D eigenvalue weighted by atomic mass is 9.79. The normalized spacial score (nSPS) is 31.1. The number of hydrogen-bond donors (Lipinski definition) is 0. The van der Waals surface area contributed by atoms with E-state index in [9.17, 15) is 4.39 Å². The van der Waals surface area contributed by atoms with Crippen molar-refractivity contribution in [1.29, 1.82) is 0 Å². The number of rotatable bonds is 5. The highest BCUT2D eigenvalue weighted by Crippen LogP contribution is 2.43. The monoisotopic (exact) mass is 323 g/mol. The van der Waals surface area contributed by atoms with Gasteiger partial charge >= 0.3 is 0 Å². The van der Waals surface area contributed by atoms with Gasteiger partial charge in [0.1, 0.15) is 11.6 Å². The molecule has 1 aromatic rings. The minimum Gasteiger partial charge on any atom is -0.497 e. The molecule has 1 aliphatic heterocycles. The van der Waals surface area contributed by atoms with Crippen LogP contribution in [0, 0.1) is 5.82 Å². The first-order valence-electron chi connectivity index (χ1n) is 8.26. The Labute approximate surface area is 137 Å². The van der Waals surface area contributed by atoms with E-state index in [2.05, 4.69) is 4.90 Å². The quantitative estimate of drug-likeness (QED) is 0.833. The maximum Gasteiger partial charge on any atom is 0.131 e. The summed E-state index contributed by atoms with van der Waals surface area (Å²) in [5.41, 5.74) is 0.607. The zero-order valence-corrected chi connectivity index (χ0v) is 14.2. The first-order valence-corrected chi connectivity index (χ1v) is 8.26. The number of fused-ring (bicyclic) bond motifs is 1. The van der Waals surface area contributed by atoms with Crippen LogP contribution in [0.4, 0.5) is 4.39 Å². The molecule has 23 heavy (non-hydrogen) atoms. The second-order valence-corrected chi connectivity index (χ2v) is 6.59. The molecule has 3 atom stereocenters. The number of likely N-dealkylation sites (tertiary alicyclic amines) is 1. The van der Waals surface area contributed by atoms with Gasteiger partial charge in [-0.2, -0.15) is 0 Å². The van der Waals surface area contributed by atoms with Crippen molar-refractivity contribution in [2.45, 2.75) is 50.0 Å². The fourth-order valence-electron chi connectivity index (χ4n) is 4.16. The number of methoxy groups -OCH3 is 3. The third kappa shape index (κ3) is 3.10. The van der Waals surface area contributed by atoms with Gasteiger partial charge in [-0.1, -0.05) is 6.07 Å². The van der Waals surface area contributed by atoms with Gasteiger partial charge in [-0.05, 0) is 31.7 Å². The van der Waals surface area contributed by atoms with Crippen molar-refractivity contribution in [3.8, 4) is 5.75 Å². The van der Waals surface area contributed by atoms with Gasteiger partial charge < -0.3 is 14.2 Å². The molecule has 0 bridgehead atoms. The summed E-state index contributed by atoms with van der Waals surface area (Å²) in [6.07, 6.45) is 4.26. The number of halogens is 1. The van der Waals surface area contributed by atoms with Crippen LogP contribution in [0.5, 0.6) is 5.75 Å². The van der Waals surface area contributed by atoms with E-state index in [1.54, 1.807) is 21.3 Å². The molecule has 3 rings (SSSR count). The molecule has 1 saturated heterocycles. The first kappa shape index (κ1) is 16.7. The van der Waals surface area contributed by atoms with E-state index < -0.39 is 0 Å². The Kier molecular flexibility index (Phi) is 4.90. The van der Waals surface area contributed by atoms with Gasteiger partial charge in [0, 0.05) is 45.0 Å². The van der Waals surface area contributed by atoms with Gasteiger partial charge in [0.15, 0.2) is 0 Å². The molecule has 128 valence electrons. The summed E-state index contributed by atoms with van der Waals surface area (Å²) in [5.74, 6) is 0.342. The van der Waals surface area contributed by atoms with Crippen molar-refractivity contribution in [1.82, 2.24) is 4.90 Å². The van der Waals surface area contributed by atoms with E-state index in [1.807, 2.05) is 12.1 Å². The van der Waals surface area contributed by atoms with Crippen LogP contribution in [0.2, 0.25) is 0 Å². The molecule has 0 amide bonds. The maximum absolute atomic E-state index is 14.3. The van der Waals surface area contributed by atoms with Crippen LogP contribution in [-0.4, -0.2) is 50.5 Å². The Balaban J connectivity index is 1.77. The van der Waals surface area contributed by atoms with E-state index in [4.69, 9.17) is 14.2 Å². The van der Waals surface area contributed by atoms with Crippen LogP contribution in [-0.2, 0) is 16.0 Å². The molecule has 1 saturated carbocycles. The molecule has 5 heteroatoms. The van der Waals surface area contributed by atoms with E-state index >= 15 is 0 Å². The maximum atomic E-state index is 14.3. The molecular formula is C18H26FNO3. The van der Waals surface area contributed by atoms with Crippen molar-refractivity contribution in [2.24, 2.45) is 0 Å². The Hall–Kier alpha value is -1.17. The average molecular weight is 323 g/mol. The van der Waals surface area contributed by atoms with Crippen LogP contribution in [0.3, 0.4) is 0 Å². The Morgan fingerprint density at radius 3 is 2.74 bits per heavy atom. The molecule has 2 fully saturated rings. The van der Waals surface area contributed by atoms with Crippen LogP contribution in [0.15, 0.2) is 18.2 Å². The highest BCUT2D eigenvalue weighted by Gasteiger charge is 2.51. The molecule has 1 aromatic carbocycles. The third-order valence-electron chi connectivity index (χ3n) is 5.62. The molecule has 0 N–H and O–H groups in total. The molecule has 0 spiro atoms. The molecule has 4 nitrogen and oxygen atoms in total. The number of hydrogen-bond acceptors (Lipinski definition) is 4. The smallest absolute Gasteiger partial charge is 0.131 e. The van der Waals surface area contributed by atoms with Gasteiger partial charge in [-0.3, -0.25) is 4.90 Å². The summed E-state index contributed by atoms with van der Waals surface area (Å²) in [6, 6.07) is 5.37. The minimum atomic E-state index is -0.210. The predicted octanol–water partition coefficient (Wildman–Crippen LogP) is 2.99. The predicted molar refractivity (Wildman–Crippen MR) is 86.2 cm³/mol. The molecular weight excluding hydrogens is 297 g/mol. The van der Waals surface area contributed by atoms with Gasteiger partial charge in [0.2, 0.25) is 0 Å². The zero-order chi connectivity index (χ0) is 16.4. The number of benzene rings is 1. The largest absolute Gasteiger partial charge is 0.497 e. The van der Waals surface area contributed by atoms with Crippen molar-refractivity contribution >= 4 is 0 Å². The van der Waals surface area contributed by atoms with Crippen molar-refractivity contribution in [3.05, 3.63) is 29.6 Å². The van der Waals surface area contributed by atoms with Crippen molar-refractivity contribution in [3.63, 3.8) is 0 Å². The van der Waals surface area contributed by atoms with E-state index in [0.29, 0.717) is 17.9 Å². The highest BCUT2D eigenvalue weighted by molar-refractivity contribution is 5.29. The Bertz CT molecular complexity index is 553. The molecule has 1 aliphatic carbocycles. The van der Waals surface area contributed by atoms with Gasteiger partial charge in [0.25, 0.3) is 0 Å². The van der Waals surface area contributed by atoms with Crippen LogP contribution in [0.1, 0.15) is 31.2 Å². The second kappa shape index (κ2) is 6.75. The molecule has 0 aromatic heterocycles. The summed E-state index contributed by atoms with van der Waals surface area (Å²) in [5, 5.41) is 0. The van der Waals surface area contributed by atoms with Gasteiger partial charge in [-0.25, -0.2) is 4.39 Å². The molecule has 0 unspecified atom stereocenters. The van der Waals surface area contributed by atoms with E-state index in [1.165, 1.54) is 6.07 Å². The number of ether oxygens (including phenoxy) is 3. The lowest BCUT2D eigenvalue weighted by molar-refractivity contribution is -0.0948. The lowest BCUT2D eigenvalue weighted by Crippen LogP contribution is -2.51. The minimum absolute atomic E-state index is 0.0992. The fourth-order valence-corrected chi connectivity index (χ4v) is 4.16. The number of nitrogens with zero attached hydrogens (tertiary/aromatic N) is 1.